The summed E-state index contributed by atoms with van der Waals surface area (Å²) in [6, 6.07) is 0.647. The maximum absolute atomic E-state index is 4.38. The van der Waals surface area contributed by atoms with Crippen molar-refractivity contribution >= 4 is 11.8 Å². The first-order chi connectivity index (χ1) is 9.20. The maximum atomic E-state index is 4.38. The number of nitrogens with zero attached hydrogens (tertiary/aromatic N) is 3. The van der Waals surface area contributed by atoms with Gasteiger partial charge in [0.2, 0.25) is 0 Å². The third kappa shape index (κ3) is 4.21. The van der Waals surface area contributed by atoms with Crippen molar-refractivity contribution in [2.75, 3.05) is 5.75 Å². The first-order valence-electron chi connectivity index (χ1n) is 7.42. The highest BCUT2D eigenvalue weighted by atomic mass is 32.2. The second kappa shape index (κ2) is 7.29. The quantitative estimate of drug-likeness (QED) is 0.835. The maximum Gasteiger partial charge on any atom is 0.140 e. The molecule has 0 amide bonds. The number of thioether (sulfide) groups is 1. The molecule has 19 heavy (non-hydrogen) atoms. The van der Waals surface area contributed by atoms with Crippen molar-refractivity contribution in [3.8, 4) is 0 Å². The van der Waals surface area contributed by atoms with E-state index in [1.54, 1.807) is 6.33 Å². The molecule has 5 heteroatoms. The molecule has 1 aromatic heterocycles. The van der Waals surface area contributed by atoms with E-state index >= 15 is 0 Å². The second-order valence-electron chi connectivity index (χ2n) is 5.66. The first kappa shape index (κ1) is 14.9. The molecule has 1 N–H and O–H groups in total. The average molecular weight is 282 g/mol. The Labute approximate surface area is 120 Å². The van der Waals surface area contributed by atoms with Gasteiger partial charge >= 0.3 is 0 Å². The molecule has 1 aliphatic carbocycles. The van der Waals surface area contributed by atoms with Crippen LogP contribution in [0.2, 0.25) is 0 Å². The minimum atomic E-state index is 0.607. The number of aromatic nitrogens is 3. The molecule has 0 spiro atoms. The first-order valence-corrected chi connectivity index (χ1v) is 8.47. The number of nitrogens with one attached hydrogen (secondary N) is 1. The van der Waals surface area contributed by atoms with E-state index in [9.17, 15) is 0 Å². The molecule has 0 unspecified atom stereocenters. The van der Waals surface area contributed by atoms with E-state index in [1.165, 1.54) is 25.0 Å². The van der Waals surface area contributed by atoms with Crippen LogP contribution in [0.5, 0.6) is 0 Å². The summed E-state index contributed by atoms with van der Waals surface area (Å²) in [5, 5.41) is 8.79. The van der Waals surface area contributed by atoms with E-state index in [2.05, 4.69) is 47.9 Å². The van der Waals surface area contributed by atoms with E-state index in [1.807, 2.05) is 4.68 Å². The van der Waals surface area contributed by atoms with Gasteiger partial charge in [0.15, 0.2) is 0 Å². The lowest BCUT2D eigenvalue weighted by atomic mass is 10.2. The van der Waals surface area contributed by atoms with E-state index < -0.39 is 0 Å². The third-order valence-corrected chi connectivity index (χ3v) is 4.92. The molecule has 1 aromatic rings. The van der Waals surface area contributed by atoms with Crippen LogP contribution in [0.25, 0.3) is 0 Å². The van der Waals surface area contributed by atoms with Gasteiger partial charge in [0.25, 0.3) is 0 Å². The van der Waals surface area contributed by atoms with Crippen LogP contribution in [0.1, 0.15) is 45.9 Å². The zero-order valence-corrected chi connectivity index (χ0v) is 13.1. The summed E-state index contributed by atoms with van der Waals surface area (Å²) >= 11 is 2.09. The van der Waals surface area contributed by atoms with E-state index in [0.717, 1.165) is 24.2 Å². The van der Waals surface area contributed by atoms with Crippen molar-refractivity contribution in [2.24, 2.45) is 5.92 Å². The van der Waals surface area contributed by atoms with Gasteiger partial charge in [0.05, 0.1) is 6.54 Å². The Morgan fingerprint density at radius 3 is 3.05 bits per heavy atom. The Hall–Kier alpha value is -0.550. The number of rotatable bonds is 7. The molecule has 1 heterocycles. The fourth-order valence-corrected chi connectivity index (χ4v) is 3.94. The molecule has 0 saturated heterocycles. The average Bonchev–Trinajstić information content (AvgIpc) is 2.96. The molecule has 0 aliphatic heterocycles. The summed E-state index contributed by atoms with van der Waals surface area (Å²) in [6.07, 6.45) is 5.69. The Morgan fingerprint density at radius 2 is 2.32 bits per heavy atom. The van der Waals surface area contributed by atoms with Crippen molar-refractivity contribution < 1.29 is 0 Å². The molecule has 2 atom stereocenters. The fourth-order valence-electron chi connectivity index (χ4n) is 2.72. The molecule has 1 aliphatic rings. The molecule has 1 fully saturated rings. The van der Waals surface area contributed by atoms with Crippen LogP contribution >= 0.6 is 11.8 Å². The summed E-state index contributed by atoms with van der Waals surface area (Å²) in [5.41, 5.74) is 0. The predicted molar refractivity (Wildman–Crippen MR) is 81.3 cm³/mol. The molecule has 0 bridgehead atoms. The zero-order chi connectivity index (χ0) is 13.7. The van der Waals surface area contributed by atoms with E-state index in [4.69, 9.17) is 0 Å². The van der Waals surface area contributed by atoms with Crippen molar-refractivity contribution in [2.45, 2.75) is 64.4 Å². The smallest absolute Gasteiger partial charge is 0.140 e. The van der Waals surface area contributed by atoms with Gasteiger partial charge in [-0.3, -0.25) is 0 Å². The van der Waals surface area contributed by atoms with Crippen molar-refractivity contribution in [1.29, 1.82) is 0 Å². The van der Waals surface area contributed by atoms with E-state index in [0.29, 0.717) is 12.0 Å². The van der Waals surface area contributed by atoms with Crippen LogP contribution in [-0.2, 0) is 13.1 Å². The Balaban J connectivity index is 1.86. The Bertz CT molecular complexity index is 377. The molecule has 1 saturated carbocycles. The number of hydrogen-bond acceptors (Lipinski definition) is 4. The van der Waals surface area contributed by atoms with E-state index in [-0.39, 0.29) is 0 Å². The predicted octanol–water partition coefficient (Wildman–Crippen LogP) is 2.70. The molecule has 0 aromatic carbocycles. The van der Waals surface area contributed by atoms with Gasteiger partial charge in [-0.05, 0) is 24.5 Å². The van der Waals surface area contributed by atoms with Gasteiger partial charge in [-0.15, -0.1) is 0 Å². The van der Waals surface area contributed by atoms with Crippen LogP contribution in [0, 0.1) is 5.92 Å². The van der Waals surface area contributed by atoms with Crippen LogP contribution in [0.15, 0.2) is 6.33 Å². The summed E-state index contributed by atoms with van der Waals surface area (Å²) in [6.45, 7) is 8.47. The second-order valence-corrected chi connectivity index (χ2v) is 7.18. The van der Waals surface area contributed by atoms with Crippen LogP contribution in [0.4, 0.5) is 0 Å². The molecule has 108 valence electrons. The van der Waals surface area contributed by atoms with Crippen molar-refractivity contribution in [3.05, 3.63) is 12.2 Å². The van der Waals surface area contributed by atoms with Gasteiger partial charge in [-0.25, -0.2) is 9.67 Å². The molecule has 2 rings (SSSR count). The third-order valence-electron chi connectivity index (χ3n) is 3.59. The lowest BCUT2D eigenvalue weighted by Gasteiger charge is -2.20. The van der Waals surface area contributed by atoms with Crippen LogP contribution in [-0.4, -0.2) is 31.8 Å². The highest BCUT2D eigenvalue weighted by Gasteiger charge is 2.26. The number of hydrogen-bond donors (Lipinski definition) is 1. The summed E-state index contributed by atoms with van der Waals surface area (Å²) < 4.78 is 2.04. The molecule has 0 radical (unpaired) electrons. The lowest BCUT2D eigenvalue weighted by molar-refractivity contribution is 0.444. The van der Waals surface area contributed by atoms with Crippen LogP contribution < -0.4 is 5.32 Å². The molecule has 4 nitrogen and oxygen atoms in total. The Morgan fingerprint density at radius 1 is 1.47 bits per heavy atom. The van der Waals surface area contributed by atoms with Gasteiger partial charge in [-0.1, -0.05) is 27.2 Å². The van der Waals surface area contributed by atoms with Gasteiger partial charge in [0.1, 0.15) is 12.2 Å². The topological polar surface area (TPSA) is 42.7 Å². The SMILES string of the molecule is CCS[C@@H]1CCC[C@@H]1NCc1ncnn1CC(C)C. The highest BCUT2D eigenvalue weighted by molar-refractivity contribution is 7.99. The summed E-state index contributed by atoms with van der Waals surface area (Å²) in [7, 11) is 0. The fraction of sp³-hybridized carbons (Fsp3) is 0.857. The van der Waals surface area contributed by atoms with Crippen molar-refractivity contribution in [1.82, 2.24) is 20.1 Å². The highest BCUT2D eigenvalue weighted by Crippen LogP contribution is 2.29. The van der Waals surface area contributed by atoms with Gasteiger partial charge < -0.3 is 5.32 Å². The Kier molecular flexibility index (Phi) is 5.70. The minimum absolute atomic E-state index is 0.607. The lowest BCUT2D eigenvalue weighted by Crippen LogP contribution is -2.34. The van der Waals surface area contributed by atoms with Gasteiger partial charge in [0, 0.05) is 17.8 Å². The molecular weight excluding hydrogens is 256 g/mol. The molecular formula is C14H26N4S. The van der Waals surface area contributed by atoms with Gasteiger partial charge in [-0.2, -0.15) is 16.9 Å². The standard InChI is InChI=1S/C14H26N4S/c1-4-19-13-7-5-6-12(13)15-8-14-16-10-17-18(14)9-11(2)3/h10-13,15H,4-9H2,1-3H3/t12-,13+/m0/s1. The van der Waals surface area contributed by atoms with Crippen molar-refractivity contribution in [3.63, 3.8) is 0 Å². The normalized spacial score (nSPS) is 23.4. The monoisotopic (exact) mass is 282 g/mol. The van der Waals surface area contributed by atoms with Crippen LogP contribution in [0.3, 0.4) is 0 Å². The summed E-state index contributed by atoms with van der Waals surface area (Å²) in [4.78, 5) is 4.38. The zero-order valence-electron chi connectivity index (χ0n) is 12.3. The largest absolute Gasteiger partial charge is 0.306 e. The summed E-state index contributed by atoms with van der Waals surface area (Å²) in [5.74, 6) is 2.89. The minimum Gasteiger partial charge on any atom is -0.306 e.